The van der Waals surface area contributed by atoms with Gasteiger partial charge in [-0.05, 0) is 30.5 Å². The molecule has 1 atom stereocenters. The Morgan fingerprint density at radius 3 is 2.41 bits per heavy atom. The second kappa shape index (κ2) is 9.85. The fourth-order valence-electron chi connectivity index (χ4n) is 4.92. The zero-order chi connectivity index (χ0) is 23.5. The summed E-state index contributed by atoms with van der Waals surface area (Å²) in [6.07, 6.45) is 1.32. The predicted octanol–water partition coefficient (Wildman–Crippen LogP) is 2.04. The average molecular weight is 483 g/mol. The third-order valence-electron chi connectivity index (χ3n) is 6.84. The minimum absolute atomic E-state index is 0.0585. The number of morpholine rings is 1. The molecule has 2 fully saturated rings. The van der Waals surface area contributed by atoms with Crippen LogP contribution >= 0.6 is 0 Å². The van der Waals surface area contributed by atoms with Gasteiger partial charge in [-0.1, -0.05) is 42.5 Å². The lowest BCUT2D eigenvalue weighted by Crippen LogP contribution is -2.46. The van der Waals surface area contributed by atoms with Gasteiger partial charge < -0.3 is 15.0 Å². The number of nitrogens with one attached hydrogen (secondary N) is 1. The number of hydrogen-bond acceptors (Lipinski definition) is 6. The molecule has 2 aromatic carbocycles. The molecule has 3 heterocycles. The van der Waals surface area contributed by atoms with Gasteiger partial charge in [0.25, 0.3) is 10.0 Å². The molecule has 1 N–H and O–H groups in total. The normalized spacial score (nSPS) is 21.5. The van der Waals surface area contributed by atoms with Gasteiger partial charge in [0.1, 0.15) is 4.90 Å². The SMILES string of the molecule is O=C(NC(CN1CCOCC1)c1ccccc1)C1CCN(C2=NS(=O)(=O)c3ccccc32)CC1. The van der Waals surface area contributed by atoms with Gasteiger partial charge in [0.2, 0.25) is 5.91 Å². The van der Waals surface area contributed by atoms with E-state index in [1.165, 1.54) is 0 Å². The van der Waals surface area contributed by atoms with Crippen molar-refractivity contribution in [1.29, 1.82) is 0 Å². The Bertz CT molecular complexity index is 1150. The predicted molar refractivity (Wildman–Crippen MR) is 129 cm³/mol. The first-order valence-corrected chi connectivity index (χ1v) is 13.3. The van der Waals surface area contributed by atoms with Crippen molar-refractivity contribution in [3.05, 3.63) is 65.7 Å². The van der Waals surface area contributed by atoms with E-state index in [1.807, 2.05) is 29.2 Å². The Labute approximate surface area is 200 Å². The van der Waals surface area contributed by atoms with Crippen molar-refractivity contribution < 1.29 is 17.9 Å². The first-order valence-electron chi connectivity index (χ1n) is 11.9. The summed E-state index contributed by atoms with van der Waals surface area (Å²) in [5.41, 5.74) is 1.75. The van der Waals surface area contributed by atoms with Crippen LogP contribution in [0, 0.1) is 5.92 Å². The van der Waals surface area contributed by atoms with Gasteiger partial charge in [-0.25, -0.2) is 0 Å². The Balaban J connectivity index is 1.23. The summed E-state index contributed by atoms with van der Waals surface area (Å²) >= 11 is 0. The first kappa shape index (κ1) is 23.0. The van der Waals surface area contributed by atoms with Crippen LogP contribution in [0.3, 0.4) is 0 Å². The molecule has 2 saturated heterocycles. The van der Waals surface area contributed by atoms with Crippen LogP contribution < -0.4 is 5.32 Å². The van der Waals surface area contributed by atoms with E-state index in [0.717, 1.165) is 38.4 Å². The fourth-order valence-corrected chi connectivity index (χ4v) is 6.15. The molecule has 0 bridgehead atoms. The number of carbonyl (C=O) groups excluding carboxylic acids is 1. The zero-order valence-corrected chi connectivity index (χ0v) is 19.9. The molecular formula is C25H30N4O4S. The van der Waals surface area contributed by atoms with Crippen molar-refractivity contribution in [2.75, 3.05) is 45.9 Å². The Morgan fingerprint density at radius 1 is 1.00 bits per heavy atom. The van der Waals surface area contributed by atoms with Crippen LogP contribution in [0.15, 0.2) is 63.9 Å². The van der Waals surface area contributed by atoms with E-state index >= 15 is 0 Å². The van der Waals surface area contributed by atoms with Crippen LogP contribution in [0.5, 0.6) is 0 Å². The summed E-state index contributed by atoms with van der Waals surface area (Å²) in [6, 6.07) is 17.0. The second-order valence-electron chi connectivity index (χ2n) is 9.03. The number of ether oxygens (including phenoxy) is 1. The molecule has 0 aliphatic carbocycles. The summed E-state index contributed by atoms with van der Waals surface area (Å²) < 4.78 is 34.3. The van der Waals surface area contributed by atoms with E-state index in [-0.39, 0.29) is 22.8 Å². The number of nitrogens with zero attached hydrogens (tertiary/aromatic N) is 3. The van der Waals surface area contributed by atoms with Crippen molar-refractivity contribution in [1.82, 2.24) is 15.1 Å². The van der Waals surface area contributed by atoms with Gasteiger partial charge in [0.15, 0.2) is 5.84 Å². The van der Waals surface area contributed by atoms with E-state index < -0.39 is 10.0 Å². The van der Waals surface area contributed by atoms with Crippen LogP contribution in [-0.4, -0.2) is 75.9 Å². The summed E-state index contributed by atoms with van der Waals surface area (Å²) in [7, 11) is -3.64. The molecule has 2 aromatic rings. The van der Waals surface area contributed by atoms with Gasteiger partial charge in [-0.15, -0.1) is 4.40 Å². The van der Waals surface area contributed by atoms with Crippen LogP contribution in [-0.2, 0) is 19.6 Å². The van der Waals surface area contributed by atoms with Crippen LogP contribution in [0.1, 0.15) is 30.0 Å². The molecule has 180 valence electrons. The average Bonchev–Trinajstić information content (AvgIpc) is 3.16. The van der Waals surface area contributed by atoms with Crippen molar-refractivity contribution in [2.45, 2.75) is 23.8 Å². The lowest BCUT2D eigenvalue weighted by atomic mass is 9.94. The van der Waals surface area contributed by atoms with Gasteiger partial charge in [-0.3, -0.25) is 9.69 Å². The zero-order valence-electron chi connectivity index (χ0n) is 19.1. The van der Waals surface area contributed by atoms with Crippen molar-refractivity contribution in [3.8, 4) is 0 Å². The highest BCUT2D eigenvalue weighted by atomic mass is 32.2. The first-order chi connectivity index (χ1) is 16.5. The monoisotopic (exact) mass is 482 g/mol. The Morgan fingerprint density at radius 2 is 1.68 bits per heavy atom. The number of carbonyl (C=O) groups is 1. The number of rotatable bonds is 5. The maximum absolute atomic E-state index is 13.3. The molecule has 0 spiro atoms. The molecule has 3 aliphatic heterocycles. The van der Waals surface area contributed by atoms with Gasteiger partial charge in [0.05, 0.1) is 19.3 Å². The third-order valence-corrected chi connectivity index (χ3v) is 8.17. The summed E-state index contributed by atoms with van der Waals surface area (Å²) in [6.45, 7) is 5.12. The minimum atomic E-state index is -3.64. The van der Waals surface area contributed by atoms with Crippen LogP contribution in [0.4, 0.5) is 0 Å². The number of amidine groups is 1. The Hall–Kier alpha value is -2.75. The van der Waals surface area contributed by atoms with Gasteiger partial charge >= 0.3 is 0 Å². The van der Waals surface area contributed by atoms with Crippen molar-refractivity contribution in [3.63, 3.8) is 0 Å². The number of sulfonamides is 1. The van der Waals surface area contributed by atoms with Gasteiger partial charge in [0, 0.05) is 44.2 Å². The molecule has 8 nitrogen and oxygen atoms in total. The number of fused-ring (bicyclic) bond motifs is 1. The van der Waals surface area contributed by atoms with E-state index in [9.17, 15) is 13.2 Å². The topological polar surface area (TPSA) is 91.3 Å². The minimum Gasteiger partial charge on any atom is -0.379 e. The molecule has 0 radical (unpaired) electrons. The number of hydrogen-bond donors (Lipinski definition) is 1. The number of benzene rings is 2. The third kappa shape index (κ3) is 4.87. The molecule has 3 aliphatic rings. The maximum atomic E-state index is 13.3. The quantitative estimate of drug-likeness (QED) is 0.701. The standard InChI is InChI=1S/C25H30N4O4S/c30-25(26-22(19-6-2-1-3-7-19)18-28-14-16-33-17-15-28)20-10-12-29(13-11-20)24-21-8-4-5-9-23(21)34(31,32)27-24/h1-9,20,22H,10-18H2,(H,26,30). The summed E-state index contributed by atoms with van der Waals surface area (Å²) in [4.78, 5) is 17.8. The molecular weight excluding hydrogens is 452 g/mol. The molecule has 0 saturated carbocycles. The fraction of sp³-hybridized carbons (Fsp3) is 0.440. The molecule has 9 heteroatoms. The van der Waals surface area contributed by atoms with E-state index in [2.05, 4.69) is 26.7 Å². The highest BCUT2D eigenvalue weighted by Gasteiger charge is 2.35. The van der Waals surface area contributed by atoms with Gasteiger partial charge in [-0.2, -0.15) is 8.42 Å². The lowest BCUT2D eigenvalue weighted by Gasteiger charge is -2.35. The van der Waals surface area contributed by atoms with Crippen molar-refractivity contribution in [2.24, 2.45) is 10.3 Å². The van der Waals surface area contributed by atoms with E-state index in [0.29, 0.717) is 37.3 Å². The highest BCUT2D eigenvalue weighted by Crippen LogP contribution is 2.30. The Kier molecular flexibility index (Phi) is 6.67. The highest BCUT2D eigenvalue weighted by molar-refractivity contribution is 7.90. The number of piperidine rings is 1. The summed E-state index contributed by atoms with van der Waals surface area (Å²) in [5, 5.41) is 3.30. The molecule has 34 heavy (non-hydrogen) atoms. The molecule has 0 aromatic heterocycles. The second-order valence-corrected chi connectivity index (χ2v) is 10.6. The molecule has 1 amide bonds. The maximum Gasteiger partial charge on any atom is 0.285 e. The van der Waals surface area contributed by atoms with Crippen LogP contribution in [0.25, 0.3) is 0 Å². The lowest BCUT2D eigenvalue weighted by molar-refractivity contribution is -0.127. The van der Waals surface area contributed by atoms with E-state index in [4.69, 9.17) is 4.74 Å². The van der Waals surface area contributed by atoms with Crippen molar-refractivity contribution >= 4 is 21.8 Å². The molecule has 1 unspecified atom stereocenters. The molecule has 5 rings (SSSR count). The smallest absolute Gasteiger partial charge is 0.285 e. The number of amides is 1. The number of likely N-dealkylation sites (tertiary alicyclic amines) is 1. The van der Waals surface area contributed by atoms with Crippen LogP contribution in [0.2, 0.25) is 0 Å². The largest absolute Gasteiger partial charge is 0.379 e. The summed E-state index contributed by atoms with van der Waals surface area (Å²) in [5.74, 6) is 0.452. The van der Waals surface area contributed by atoms with E-state index in [1.54, 1.807) is 18.2 Å².